The van der Waals surface area contributed by atoms with Crippen LogP contribution < -0.4 is 5.73 Å². The molecule has 2 N–H and O–H groups in total. The molecule has 5 nitrogen and oxygen atoms in total. The summed E-state index contributed by atoms with van der Waals surface area (Å²) in [5, 5.41) is 10.8. The Hall–Kier alpha value is -1.30. The quantitative estimate of drug-likeness (QED) is 0.391. The van der Waals surface area contributed by atoms with Crippen LogP contribution >= 0.6 is 12.6 Å². The predicted molar refractivity (Wildman–Crippen MR) is 47.3 cm³/mol. The number of nitro groups is 1. The fraction of sp³-hybridized carbons (Fsp3) is 0.167. The molecule has 1 heterocycles. The van der Waals surface area contributed by atoms with Gasteiger partial charge < -0.3 is 5.73 Å². The highest BCUT2D eigenvalue weighted by molar-refractivity contribution is 7.80. The van der Waals surface area contributed by atoms with Crippen LogP contribution in [0.15, 0.2) is 11.1 Å². The number of nitrogens with two attached hydrogens (primary N) is 1. The van der Waals surface area contributed by atoms with Crippen molar-refractivity contribution >= 4 is 24.1 Å². The van der Waals surface area contributed by atoms with Crippen LogP contribution in [-0.4, -0.2) is 9.91 Å². The van der Waals surface area contributed by atoms with E-state index >= 15 is 0 Å². The summed E-state index contributed by atoms with van der Waals surface area (Å²) in [6, 6.07) is 1.35. The van der Waals surface area contributed by atoms with Gasteiger partial charge in [0.25, 0.3) is 0 Å². The number of rotatable bonds is 1. The summed E-state index contributed by atoms with van der Waals surface area (Å²) in [4.78, 5) is 13.5. The van der Waals surface area contributed by atoms with Crippen molar-refractivity contribution in [1.82, 2.24) is 4.98 Å². The molecule has 64 valence electrons. The molecule has 6 heteroatoms. The summed E-state index contributed by atoms with van der Waals surface area (Å²) in [5.74, 6) is -0.101. The van der Waals surface area contributed by atoms with E-state index in [0.29, 0.717) is 10.6 Å². The second kappa shape index (κ2) is 2.98. The summed E-state index contributed by atoms with van der Waals surface area (Å²) in [6.07, 6.45) is 0. The van der Waals surface area contributed by atoms with Gasteiger partial charge in [0.2, 0.25) is 5.82 Å². The van der Waals surface area contributed by atoms with Gasteiger partial charge in [-0.15, -0.1) is 12.6 Å². The van der Waals surface area contributed by atoms with Gasteiger partial charge in [-0.3, -0.25) is 10.1 Å². The van der Waals surface area contributed by atoms with Crippen LogP contribution in [0.5, 0.6) is 0 Å². The van der Waals surface area contributed by atoms with Crippen molar-refractivity contribution in [1.29, 1.82) is 0 Å². The van der Waals surface area contributed by atoms with Gasteiger partial charge in [0.15, 0.2) is 0 Å². The van der Waals surface area contributed by atoms with E-state index in [1.807, 2.05) is 0 Å². The predicted octanol–water partition coefficient (Wildman–Crippen LogP) is 1.17. The molecule has 0 bridgehead atoms. The third-order valence-corrected chi connectivity index (χ3v) is 1.84. The first-order valence-electron chi connectivity index (χ1n) is 3.13. The fourth-order valence-electron chi connectivity index (χ4n) is 0.749. The SMILES string of the molecule is Cc1cc([N+](=O)[O-])c(N)nc1S. The maximum absolute atomic E-state index is 10.3. The average molecular weight is 185 g/mol. The second-order valence-corrected chi connectivity index (χ2v) is 2.71. The molecule has 0 fully saturated rings. The highest BCUT2D eigenvalue weighted by Gasteiger charge is 2.13. The first kappa shape index (κ1) is 8.79. The Bertz CT molecular complexity index is 340. The molecule has 12 heavy (non-hydrogen) atoms. The van der Waals surface area contributed by atoms with E-state index in [9.17, 15) is 10.1 Å². The Balaban J connectivity index is 3.33. The van der Waals surface area contributed by atoms with Crippen molar-refractivity contribution in [3.8, 4) is 0 Å². The van der Waals surface area contributed by atoms with Gasteiger partial charge in [-0.2, -0.15) is 0 Å². The first-order valence-corrected chi connectivity index (χ1v) is 3.57. The molecule has 1 aromatic rings. The zero-order valence-electron chi connectivity index (χ0n) is 6.31. The van der Waals surface area contributed by atoms with Crippen molar-refractivity contribution in [2.24, 2.45) is 0 Å². The monoisotopic (exact) mass is 185 g/mol. The van der Waals surface area contributed by atoms with Crippen molar-refractivity contribution in [2.45, 2.75) is 11.9 Å². The maximum atomic E-state index is 10.3. The number of nitrogens with zero attached hydrogens (tertiary/aromatic N) is 2. The number of hydrogen-bond acceptors (Lipinski definition) is 5. The van der Waals surface area contributed by atoms with E-state index in [1.165, 1.54) is 6.07 Å². The number of anilines is 1. The number of hydrogen-bond donors (Lipinski definition) is 2. The molecule has 0 aliphatic heterocycles. The molecule has 0 atom stereocenters. The Labute approximate surface area is 74.2 Å². The minimum atomic E-state index is -0.567. The Morgan fingerprint density at radius 2 is 2.33 bits per heavy atom. The summed E-state index contributed by atoms with van der Waals surface area (Å²) in [6.45, 7) is 1.68. The van der Waals surface area contributed by atoms with Gasteiger partial charge in [-0.1, -0.05) is 0 Å². The minimum absolute atomic E-state index is 0.101. The number of aryl methyl sites for hydroxylation is 1. The lowest BCUT2D eigenvalue weighted by molar-refractivity contribution is -0.384. The van der Waals surface area contributed by atoms with Crippen LogP contribution in [0.4, 0.5) is 11.5 Å². The smallest absolute Gasteiger partial charge is 0.311 e. The van der Waals surface area contributed by atoms with Gasteiger partial charge in [0, 0.05) is 6.07 Å². The van der Waals surface area contributed by atoms with Crippen LogP contribution in [0.3, 0.4) is 0 Å². The van der Waals surface area contributed by atoms with E-state index < -0.39 is 4.92 Å². The van der Waals surface area contributed by atoms with E-state index in [1.54, 1.807) is 6.92 Å². The molecular formula is C6H7N3O2S. The van der Waals surface area contributed by atoms with Crippen LogP contribution in [0, 0.1) is 17.0 Å². The fourth-order valence-corrected chi connectivity index (χ4v) is 0.922. The van der Waals surface area contributed by atoms with E-state index in [-0.39, 0.29) is 11.5 Å². The van der Waals surface area contributed by atoms with Gasteiger partial charge >= 0.3 is 5.69 Å². The van der Waals surface area contributed by atoms with Crippen molar-refractivity contribution in [2.75, 3.05) is 5.73 Å². The van der Waals surface area contributed by atoms with Crippen LogP contribution in [0.25, 0.3) is 0 Å². The van der Waals surface area contributed by atoms with Gasteiger partial charge in [-0.25, -0.2) is 4.98 Å². The van der Waals surface area contributed by atoms with E-state index in [2.05, 4.69) is 17.6 Å². The highest BCUT2D eigenvalue weighted by atomic mass is 32.1. The highest BCUT2D eigenvalue weighted by Crippen LogP contribution is 2.23. The second-order valence-electron chi connectivity index (χ2n) is 2.29. The Morgan fingerprint density at radius 3 is 2.83 bits per heavy atom. The largest absolute Gasteiger partial charge is 0.378 e. The number of pyridine rings is 1. The Kier molecular flexibility index (Phi) is 2.18. The topological polar surface area (TPSA) is 82.0 Å². The molecule has 0 aliphatic carbocycles. The molecule has 0 spiro atoms. The molecule has 0 saturated heterocycles. The first-order chi connectivity index (χ1) is 5.52. The third kappa shape index (κ3) is 1.48. The lowest BCUT2D eigenvalue weighted by Crippen LogP contribution is -1.99. The van der Waals surface area contributed by atoms with E-state index in [4.69, 9.17) is 5.73 Å². The van der Waals surface area contributed by atoms with Gasteiger partial charge in [0.1, 0.15) is 0 Å². The summed E-state index contributed by atoms with van der Waals surface area (Å²) in [7, 11) is 0. The molecular weight excluding hydrogens is 178 g/mol. The van der Waals surface area contributed by atoms with Crippen LogP contribution in [0.1, 0.15) is 5.56 Å². The zero-order valence-corrected chi connectivity index (χ0v) is 7.21. The average Bonchev–Trinajstić information content (AvgIpc) is 1.96. The molecule has 0 aliphatic rings. The standard InChI is InChI=1S/C6H7N3O2S/c1-3-2-4(9(10)11)5(7)8-6(3)12/h2H,1H3,(H3,7,8,12). The number of nitrogen functional groups attached to an aromatic ring is 1. The maximum Gasteiger partial charge on any atom is 0.311 e. The van der Waals surface area contributed by atoms with Crippen LogP contribution in [0.2, 0.25) is 0 Å². The van der Waals surface area contributed by atoms with Crippen LogP contribution in [-0.2, 0) is 0 Å². The van der Waals surface area contributed by atoms with Crippen molar-refractivity contribution < 1.29 is 4.92 Å². The van der Waals surface area contributed by atoms with Gasteiger partial charge in [0.05, 0.1) is 9.95 Å². The Morgan fingerprint density at radius 1 is 1.75 bits per heavy atom. The zero-order chi connectivity index (χ0) is 9.30. The molecule has 1 aromatic heterocycles. The molecule has 0 aromatic carbocycles. The number of aromatic nitrogens is 1. The van der Waals surface area contributed by atoms with E-state index in [0.717, 1.165) is 0 Å². The van der Waals surface area contributed by atoms with Crippen molar-refractivity contribution in [3.05, 3.63) is 21.7 Å². The summed E-state index contributed by atoms with van der Waals surface area (Å²) < 4.78 is 0. The molecule has 0 radical (unpaired) electrons. The normalized spacial score (nSPS) is 9.83. The lowest BCUT2D eigenvalue weighted by atomic mass is 10.3. The molecule has 1 rings (SSSR count). The molecule has 0 amide bonds. The lowest BCUT2D eigenvalue weighted by Gasteiger charge is -1.99. The summed E-state index contributed by atoms with van der Waals surface area (Å²) in [5.41, 5.74) is 5.75. The third-order valence-electron chi connectivity index (χ3n) is 1.39. The van der Waals surface area contributed by atoms with Crippen molar-refractivity contribution in [3.63, 3.8) is 0 Å². The minimum Gasteiger partial charge on any atom is -0.378 e. The summed E-state index contributed by atoms with van der Waals surface area (Å²) >= 11 is 3.97. The molecule has 0 unspecified atom stereocenters. The number of thiol groups is 1. The van der Waals surface area contributed by atoms with Gasteiger partial charge in [-0.05, 0) is 12.5 Å². The molecule has 0 saturated carbocycles.